The zero-order chi connectivity index (χ0) is 26.5. The molecule has 1 aromatic heterocycles. The molecule has 1 amide bonds. The second-order valence-corrected chi connectivity index (χ2v) is 9.83. The molecule has 0 radical (unpaired) electrons. The Morgan fingerprint density at radius 3 is 2.61 bits per heavy atom. The molecule has 0 saturated carbocycles. The second kappa shape index (κ2) is 11.7. The van der Waals surface area contributed by atoms with Gasteiger partial charge in [-0.1, -0.05) is 17.3 Å². The Bertz CT molecular complexity index is 1250. The number of hydrogen-bond donors (Lipinski definition) is 0. The first kappa shape index (κ1) is 25.8. The van der Waals surface area contributed by atoms with Crippen LogP contribution in [0.4, 0.5) is 0 Å². The second-order valence-electron chi connectivity index (χ2n) is 9.83. The largest absolute Gasteiger partial charge is 0.493 e. The summed E-state index contributed by atoms with van der Waals surface area (Å²) >= 11 is 0. The van der Waals surface area contributed by atoms with Crippen molar-refractivity contribution in [1.82, 2.24) is 24.8 Å². The lowest BCUT2D eigenvalue weighted by molar-refractivity contribution is 0.0736. The molecule has 3 aromatic rings. The van der Waals surface area contributed by atoms with Crippen LogP contribution in [0.15, 0.2) is 42.6 Å². The number of nitrogens with zero attached hydrogens (tertiary/aromatic N) is 5. The molecular weight excluding hydrogens is 486 g/mol. The Kier molecular flexibility index (Phi) is 7.97. The molecule has 202 valence electrons. The maximum atomic E-state index is 13.2. The van der Waals surface area contributed by atoms with Gasteiger partial charge in [-0.25, -0.2) is 4.68 Å². The van der Waals surface area contributed by atoms with Crippen LogP contribution < -0.4 is 18.9 Å². The van der Waals surface area contributed by atoms with Crippen LogP contribution in [0.3, 0.4) is 0 Å². The molecule has 0 unspecified atom stereocenters. The monoisotopic (exact) mass is 521 g/mol. The molecule has 1 fully saturated rings. The van der Waals surface area contributed by atoms with E-state index in [0.717, 1.165) is 50.3 Å². The number of para-hydroxylation sites is 1. The van der Waals surface area contributed by atoms with Gasteiger partial charge in [0.1, 0.15) is 18.9 Å². The van der Waals surface area contributed by atoms with E-state index >= 15 is 0 Å². The van der Waals surface area contributed by atoms with Crippen LogP contribution >= 0.6 is 0 Å². The van der Waals surface area contributed by atoms with E-state index < -0.39 is 0 Å². The molecule has 0 atom stereocenters. The van der Waals surface area contributed by atoms with Gasteiger partial charge in [0.25, 0.3) is 5.91 Å². The van der Waals surface area contributed by atoms with Gasteiger partial charge in [0.15, 0.2) is 23.0 Å². The molecule has 3 aliphatic rings. The lowest BCUT2D eigenvalue weighted by Gasteiger charge is -2.34. The molecule has 4 heterocycles. The van der Waals surface area contributed by atoms with Crippen molar-refractivity contribution in [2.24, 2.45) is 5.92 Å². The van der Waals surface area contributed by atoms with Crippen LogP contribution in [0.1, 0.15) is 34.5 Å². The Morgan fingerprint density at radius 2 is 1.82 bits per heavy atom. The van der Waals surface area contributed by atoms with Crippen LogP contribution in [-0.2, 0) is 19.7 Å². The average molecular weight is 522 g/mol. The fourth-order valence-electron chi connectivity index (χ4n) is 5.10. The third-order valence-electron chi connectivity index (χ3n) is 7.20. The Hall–Kier alpha value is -3.79. The number of amides is 1. The van der Waals surface area contributed by atoms with E-state index in [1.54, 1.807) is 37.1 Å². The van der Waals surface area contributed by atoms with E-state index in [-0.39, 0.29) is 12.5 Å². The number of methoxy groups -OCH3 is 2. The van der Waals surface area contributed by atoms with Crippen molar-refractivity contribution in [2.45, 2.75) is 32.5 Å². The number of rotatable bonds is 2. The van der Waals surface area contributed by atoms with Gasteiger partial charge in [0.05, 0.1) is 27.0 Å². The van der Waals surface area contributed by atoms with E-state index in [2.05, 4.69) is 21.3 Å². The summed E-state index contributed by atoms with van der Waals surface area (Å²) in [5, 5.41) is 8.47. The molecule has 6 rings (SSSR count). The first-order valence-corrected chi connectivity index (χ1v) is 13.0. The van der Waals surface area contributed by atoms with Crippen LogP contribution in [0.25, 0.3) is 0 Å². The molecular formula is C28H35N5O5. The van der Waals surface area contributed by atoms with Gasteiger partial charge in [0.2, 0.25) is 0 Å². The zero-order valence-electron chi connectivity index (χ0n) is 22.3. The third kappa shape index (κ3) is 5.85. The van der Waals surface area contributed by atoms with Gasteiger partial charge >= 0.3 is 0 Å². The maximum absolute atomic E-state index is 13.2. The standard InChI is InChI=1S/C28H35N5O5/c1-31-16-20-9-11-32(12-10-20)17-22-5-4-6-25(36-3)27(22)38-19-23-18-33(30-29-23)13-14-37-26-15-21(28(31)34)7-8-24(26)35-2/h4-8,15,18,20H,9-14,16-17,19H2,1-3H3. The summed E-state index contributed by atoms with van der Waals surface area (Å²) in [5.41, 5.74) is 2.37. The highest BCUT2D eigenvalue weighted by molar-refractivity contribution is 5.94. The molecule has 10 nitrogen and oxygen atoms in total. The van der Waals surface area contributed by atoms with E-state index in [1.807, 2.05) is 30.3 Å². The van der Waals surface area contributed by atoms with E-state index in [9.17, 15) is 4.79 Å². The third-order valence-corrected chi connectivity index (χ3v) is 7.20. The lowest BCUT2D eigenvalue weighted by atomic mass is 9.95. The minimum absolute atomic E-state index is 0.0232. The molecule has 0 N–H and O–H groups in total. The van der Waals surface area contributed by atoms with Crippen molar-refractivity contribution in [3.05, 3.63) is 59.4 Å². The van der Waals surface area contributed by atoms with Crippen molar-refractivity contribution >= 4 is 5.91 Å². The molecule has 0 aliphatic carbocycles. The number of hydrogen-bond acceptors (Lipinski definition) is 8. The highest BCUT2D eigenvalue weighted by Gasteiger charge is 2.24. The Morgan fingerprint density at radius 1 is 1.00 bits per heavy atom. The number of carbonyl (C=O) groups is 1. The van der Waals surface area contributed by atoms with Crippen molar-refractivity contribution in [2.75, 3.05) is 47.5 Å². The quantitative estimate of drug-likeness (QED) is 0.508. The zero-order valence-corrected chi connectivity index (χ0v) is 22.3. The maximum Gasteiger partial charge on any atom is 0.253 e. The predicted molar refractivity (Wildman–Crippen MR) is 141 cm³/mol. The number of carbonyl (C=O) groups excluding carboxylic acids is 1. The highest BCUT2D eigenvalue weighted by Crippen LogP contribution is 2.34. The fourth-order valence-corrected chi connectivity index (χ4v) is 5.10. The smallest absolute Gasteiger partial charge is 0.253 e. The average Bonchev–Trinajstić information content (AvgIpc) is 3.39. The first-order valence-electron chi connectivity index (χ1n) is 13.0. The van der Waals surface area contributed by atoms with Crippen molar-refractivity contribution in [3.63, 3.8) is 0 Å². The topological polar surface area (TPSA) is 91.2 Å². The summed E-state index contributed by atoms with van der Waals surface area (Å²) in [6.45, 7) is 4.49. The minimum Gasteiger partial charge on any atom is -0.493 e. The highest BCUT2D eigenvalue weighted by atomic mass is 16.5. The van der Waals surface area contributed by atoms with Gasteiger partial charge in [-0.3, -0.25) is 9.69 Å². The predicted octanol–water partition coefficient (Wildman–Crippen LogP) is 3.25. The Labute approximate surface area is 223 Å². The molecule has 1 saturated heterocycles. The van der Waals surface area contributed by atoms with E-state index in [0.29, 0.717) is 47.6 Å². The fraction of sp³-hybridized carbons (Fsp3) is 0.464. The number of piperidine rings is 1. The lowest BCUT2D eigenvalue weighted by Crippen LogP contribution is -2.39. The molecule has 6 bridgehead atoms. The van der Waals surface area contributed by atoms with Gasteiger partial charge in [-0.05, 0) is 56.1 Å². The summed E-state index contributed by atoms with van der Waals surface area (Å²) in [5.74, 6) is 2.97. The van der Waals surface area contributed by atoms with Crippen LogP contribution in [-0.4, -0.2) is 78.2 Å². The van der Waals surface area contributed by atoms with Gasteiger partial charge < -0.3 is 23.8 Å². The molecule has 38 heavy (non-hydrogen) atoms. The first-order chi connectivity index (χ1) is 18.5. The number of benzene rings is 2. The molecule has 3 aliphatic heterocycles. The number of aromatic nitrogens is 3. The summed E-state index contributed by atoms with van der Waals surface area (Å²) in [6, 6.07) is 11.3. The van der Waals surface area contributed by atoms with Crippen molar-refractivity contribution in [3.8, 4) is 23.0 Å². The number of ether oxygens (including phenoxy) is 4. The summed E-state index contributed by atoms with van der Waals surface area (Å²) < 4.78 is 25.0. The summed E-state index contributed by atoms with van der Waals surface area (Å²) in [4.78, 5) is 17.5. The summed E-state index contributed by atoms with van der Waals surface area (Å²) in [6.07, 6.45) is 3.90. The summed E-state index contributed by atoms with van der Waals surface area (Å²) in [7, 11) is 5.12. The SMILES string of the molecule is COc1ccc2cc1OCCn1cc(nn1)COc1c(cccc1OC)CN1CCC(CC1)CN(C)C2=O. The Balaban J connectivity index is 1.40. The molecule has 2 aromatic carbocycles. The van der Waals surface area contributed by atoms with Crippen molar-refractivity contribution in [1.29, 1.82) is 0 Å². The van der Waals surface area contributed by atoms with Gasteiger partial charge in [-0.15, -0.1) is 5.10 Å². The van der Waals surface area contributed by atoms with E-state index in [1.165, 1.54) is 0 Å². The van der Waals surface area contributed by atoms with Gasteiger partial charge in [0, 0.05) is 31.3 Å². The normalized spacial score (nSPS) is 20.5. The molecule has 10 heteroatoms. The number of fused-ring (bicyclic) bond motifs is 7. The van der Waals surface area contributed by atoms with E-state index in [4.69, 9.17) is 18.9 Å². The van der Waals surface area contributed by atoms with Crippen LogP contribution in [0.5, 0.6) is 23.0 Å². The van der Waals surface area contributed by atoms with Crippen LogP contribution in [0, 0.1) is 5.92 Å². The van der Waals surface area contributed by atoms with Crippen LogP contribution in [0.2, 0.25) is 0 Å². The van der Waals surface area contributed by atoms with Crippen molar-refractivity contribution < 1.29 is 23.7 Å². The van der Waals surface area contributed by atoms with Gasteiger partial charge in [-0.2, -0.15) is 0 Å². The molecule has 0 spiro atoms. The minimum atomic E-state index is -0.0232.